The molecule has 1 saturated heterocycles. The van der Waals surface area contributed by atoms with Crippen LogP contribution in [0.3, 0.4) is 0 Å². The van der Waals surface area contributed by atoms with Gasteiger partial charge in [-0.25, -0.2) is 0 Å². The van der Waals surface area contributed by atoms with Gasteiger partial charge in [0.15, 0.2) is 0 Å². The number of nitrogens with one attached hydrogen (secondary N) is 1. The van der Waals surface area contributed by atoms with Gasteiger partial charge >= 0.3 is 5.97 Å². The van der Waals surface area contributed by atoms with Crippen LogP contribution in [0, 0.1) is 0 Å². The maximum absolute atomic E-state index is 12.4. The van der Waals surface area contributed by atoms with Crippen LogP contribution in [-0.2, 0) is 14.3 Å². The Morgan fingerprint density at radius 3 is 2.65 bits per heavy atom. The third kappa shape index (κ3) is 3.19. The van der Waals surface area contributed by atoms with Gasteiger partial charge in [0.1, 0.15) is 6.54 Å². The second-order valence-electron chi connectivity index (χ2n) is 4.60. The molecule has 0 bridgehead atoms. The molecule has 1 unspecified atom stereocenters. The lowest BCUT2D eigenvalue weighted by Gasteiger charge is -2.32. The van der Waals surface area contributed by atoms with Crippen LogP contribution in [-0.4, -0.2) is 49.6 Å². The first-order chi connectivity index (χ1) is 8.05. The van der Waals surface area contributed by atoms with Crippen LogP contribution < -0.4 is 5.32 Å². The Balaban J connectivity index is 2.67. The van der Waals surface area contributed by atoms with Crippen LogP contribution in [0.4, 0.5) is 0 Å². The summed E-state index contributed by atoms with van der Waals surface area (Å²) in [5.74, 6) is -0.382. The molecule has 1 aliphatic heterocycles. The van der Waals surface area contributed by atoms with Gasteiger partial charge in [0.25, 0.3) is 0 Å². The SMILES string of the molecule is CCCC1(C(=O)N(C)CC(=O)OC)CCCN1. The number of nitrogens with zero attached hydrogens (tertiary/aromatic N) is 1. The minimum atomic E-state index is -0.461. The molecule has 0 aromatic carbocycles. The highest BCUT2D eigenvalue weighted by atomic mass is 16.5. The van der Waals surface area contributed by atoms with Crippen molar-refractivity contribution in [2.75, 3.05) is 27.2 Å². The van der Waals surface area contributed by atoms with E-state index in [-0.39, 0.29) is 18.4 Å². The molecule has 1 aliphatic rings. The molecule has 1 heterocycles. The van der Waals surface area contributed by atoms with Gasteiger partial charge in [-0.1, -0.05) is 13.3 Å². The Labute approximate surface area is 102 Å². The number of amides is 1. The number of hydrogen-bond donors (Lipinski definition) is 1. The van der Waals surface area contributed by atoms with Crippen molar-refractivity contribution >= 4 is 11.9 Å². The minimum Gasteiger partial charge on any atom is -0.468 e. The summed E-state index contributed by atoms with van der Waals surface area (Å²) in [7, 11) is 2.98. The molecule has 0 spiro atoms. The van der Waals surface area contributed by atoms with Gasteiger partial charge in [-0.2, -0.15) is 0 Å². The zero-order valence-electron chi connectivity index (χ0n) is 10.9. The summed E-state index contributed by atoms with van der Waals surface area (Å²) >= 11 is 0. The summed E-state index contributed by atoms with van der Waals surface area (Å²) in [4.78, 5) is 25.0. The molecule has 0 aromatic heterocycles. The van der Waals surface area contributed by atoms with Crippen LogP contribution in [0.1, 0.15) is 32.6 Å². The molecule has 1 N–H and O–H groups in total. The molecule has 1 fully saturated rings. The number of rotatable bonds is 5. The maximum atomic E-state index is 12.4. The second-order valence-corrected chi connectivity index (χ2v) is 4.60. The lowest BCUT2D eigenvalue weighted by atomic mass is 9.90. The second kappa shape index (κ2) is 6.00. The van der Waals surface area contributed by atoms with Crippen LogP contribution in [0.25, 0.3) is 0 Å². The molecular formula is C12H22N2O3. The summed E-state index contributed by atoms with van der Waals surface area (Å²) in [6, 6.07) is 0. The zero-order chi connectivity index (χ0) is 12.9. The Morgan fingerprint density at radius 1 is 1.47 bits per heavy atom. The molecule has 0 aromatic rings. The highest BCUT2D eigenvalue weighted by Gasteiger charge is 2.41. The normalized spacial score (nSPS) is 23.5. The average Bonchev–Trinajstić information content (AvgIpc) is 2.78. The molecule has 98 valence electrons. The summed E-state index contributed by atoms with van der Waals surface area (Å²) in [6.45, 7) is 2.95. The van der Waals surface area contributed by atoms with Crippen LogP contribution in [0.5, 0.6) is 0 Å². The van der Waals surface area contributed by atoms with Gasteiger partial charge in [-0.3, -0.25) is 9.59 Å². The van der Waals surface area contributed by atoms with Crippen molar-refractivity contribution in [2.45, 2.75) is 38.1 Å². The van der Waals surface area contributed by atoms with E-state index < -0.39 is 5.54 Å². The lowest BCUT2D eigenvalue weighted by Crippen LogP contribution is -2.54. The van der Waals surface area contributed by atoms with Crippen LogP contribution in [0.15, 0.2) is 0 Å². The van der Waals surface area contributed by atoms with E-state index >= 15 is 0 Å². The molecule has 0 saturated carbocycles. The number of methoxy groups -OCH3 is 1. The number of esters is 1. The third-order valence-electron chi connectivity index (χ3n) is 3.27. The quantitative estimate of drug-likeness (QED) is 0.715. The van der Waals surface area contributed by atoms with E-state index in [0.717, 1.165) is 32.2 Å². The Morgan fingerprint density at radius 2 is 2.18 bits per heavy atom. The van der Waals surface area contributed by atoms with E-state index in [1.165, 1.54) is 12.0 Å². The molecule has 17 heavy (non-hydrogen) atoms. The smallest absolute Gasteiger partial charge is 0.325 e. The van der Waals surface area contributed by atoms with Gasteiger partial charge in [0, 0.05) is 7.05 Å². The van der Waals surface area contributed by atoms with Crippen molar-refractivity contribution < 1.29 is 14.3 Å². The zero-order valence-corrected chi connectivity index (χ0v) is 10.9. The summed E-state index contributed by atoms with van der Waals surface area (Å²) in [5, 5.41) is 3.30. The fourth-order valence-corrected chi connectivity index (χ4v) is 2.43. The molecule has 1 atom stereocenters. The third-order valence-corrected chi connectivity index (χ3v) is 3.27. The van der Waals surface area contributed by atoms with E-state index in [4.69, 9.17) is 0 Å². The predicted molar refractivity (Wildman–Crippen MR) is 64.5 cm³/mol. The Bertz CT molecular complexity index is 285. The van der Waals surface area contributed by atoms with Gasteiger partial charge in [-0.15, -0.1) is 0 Å². The minimum absolute atomic E-state index is 0.00208. The van der Waals surface area contributed by atoms with Gasteiger partial charge in [0.2, 0.25) is 5.91 Å². The van der Waals surface area contributed by atoms with Crippen molar-refractivity contribution in [1.82, 2.24) is 10.2 Å². The highest BCUT2D eigenvalue weighted by molar-refractivity contribution is 5.89. The summed E-state index contributed by atoms with van der Waals surface area (Å²) in [6.07, 6.45) is 3.63. The van der Waals surface area contributed by atoms with Crippen molar-refractivity contribution in [2.24, 2.45) is 0 Å². The van der Waals surface area contributed by atoms with Gasteiger partial charge in [0.05, 0.1) is 12.6 Å². The van der Waals surface area contributed by atoms with E-state index in [9.17, 15) is 9.59 Å². The monoisotopic (exact) mass is 242 g/mol. The first-order valence-corrected chi connectivity index (χ1v) is 6.13. The highest BCUT2D eigenvalue weighted by Crippen LogP contribution is 2.26. The van der Waals surface area contributed by atoms with Crippen molar-refractivity contribution in [1.29, 1.82) is 0 Å². The first kappa shape index (κ1) is 14.0. The number of hydrogen-bond acceptors (Lipinski definition) is 4. The van der Waals surface area contributed by atoms with Gasteiger partial charge in [-0.05, 0) is 25.8 Å². The number of likely N-dealkylation sites (N-methyl/N-ethyl adjacent to an activating group) is 1. The molecule has 5 nitrogen and oxygen atoms in total. The number of ether oxygens (including phenoxy) is 1. The Kier molecular flexibility index (Phi) is 4.93. The summed E-state index contributed by atoms with van der Waals surface area (Å²) in [5.41, 5.74) is -0.461. The first-order valence-electron chi connectivity index (χ1n) is 6.13. The average molecular weight is 242 g/mol. The fraction of sp³-hybridized carbons (Fsp3) is 0.833. The van der Waals surface area contributed by atoms with E-state index in [2.05, 4.69) is 17.0 Å². The molecule has 5 heteroatoms. The van der Waals surface area contributed by atoms with E-state index in [1.54, 1.807) is 7.05 Å². The maximum Gasteiger partial charge on any atom is 0.325 e. The van der Waals surface area contributed by atoms with E-state index in [1.807, 2.05) is 0 Å². The van der Waals surface area contributed by atoms with Crippen LogP contribution >= 0.6 is 0 Å². The predicted octanol–water partition coefficient (Wildman–Crippen LogP) is 0.540. The van der Waals surface area contributed by atoms with Crippen molar-refractivity contribution in [3.8, 4) is 0 Å². The summed E-state index contributed by atoms with van der Waals surface area (Å²) < 4.78 is 4.57. The lowest BCUT2D eigenvalue weighted by molar-refractivity contribution is -0.148. The van der Waals surface area contributed by atoms with Crippen molar-refractivity contribution in [3.05, 3.63) is 0 Å². The standard InChI is InChI=1S/C12H22N2O3/c1-4-6-12(7-5-8-13-12)11(16)14(2)9-10(15)17-3/h13H,4-9H2,1-3H3. The fourth-order valence-electron chi connectivity index (χ4n) is 2.43. The number of carbonyl (C=O) groups excluding carboxylic acids is 2. The number of carbonyl (C=O) groups is 2. The van der Waals surface area contributed by atoms with Crippen molar-refractivity contribution in [3.63, 3.8) is 0 Å². The Hall–Kier alpha value is -1.10. The molecule has 0 radical (unpaired) electrons. The molecular weight excluding hydrogens is 220 g/mol. The van der Waals surface area contributed by atoms with Crippen LogP contribution in [0.2, 0.25) is 0 Å². The molecule has 0 aliphatic carbocycles. The topological polar surface area (TPSA) is 58.6 Å². The largest absolute Gasteiger partial charge is 0.468 e. The van der Waals surface area contributed by atoms with E-state index in [0.29, 0.717) is 0 Å². The molecule has 1 rings (SSSR count). The van der Waals surface area contributed by atoms with Gasteiger partial charge < -0.3 is 15.0 Å². The molecule has 1 amide bonds.